The van der Waals surface area contributed by atoms with Gasteiger partial charge in [-0.2, -0.15) is 0 Å². The molecule has 2 heterocycles. The van der Waals surface area contributed by atoms with E-state index in [-0.39, 0.29) is 5.97 Å². The van der Waals surface area contributed by atoms with E-state index in [2.05, 4.69) is 21.3 Å². The molecule has 0 fully saturated rings. The van der Waals surface area contributed by atoms with Crippen molar-refractivity contribution in [3.05, 3.63) is 33.5 Å². The highest BCUT2D eigenvalue weighted by atomic mass is 32.1. The van der Waals surface area contributed by atoms with Crippen LogP contribution in [0.15, 0.2) is 22.9 Å². The minimum atomic E-state index is -0.714. The van der Waals surface area contributed by atoms with Crippen LogP contribution in [0.25, 0.3) is 0 Å². The van der Waals surface area contributed by atoms with Crippen LogP contribution in [0.4, 0.5) is 5.13 Å². The fourth-order valence-electron chi connectivity index (χ4n) is 1.85. The van der Waals surface area contributed by atoms with Crippen molar-refractivity contribution in [3.8, 4) is 0 Å². The monoisotopic (exact) mass is 324 g/mol. The fraction of sp³-hybridized carbons (Fsp3) is 0.467. The van der Waals surface area contributed by atoms with Crippen molar-refractivity contribution in [2.24, 2.45) is 0 Å². The zero-order valence-electron chi connectivity index (χ0n) is 12.8. The number of aromatic nitrogens is 1. The third-order valence-electron chi connectivity index (χ3n) is 3.22. The first-order valence-electron chi connectivity index (χ1n) is 6.82. The Morgan fingerprint density at radius 3 is 2.81 bits per heavy atom. The molecule has 0 radical (unpaired) electrons. The number of carbonyl (C=O) groups excluding carboxylic acids is 1. The van der Waals surface area contributed by atoms with E-state index in [9.17, 15) is 4.79 Å². The average molecular weight is 324 g/mol. The molecule has 0 spiro atoms. The molecule has 0 aliphatic carbocycles. The van der Waals surface area contributed by atoms with E-state index in [0.29, 0.717) is 6.61 Å². The Morgan fingerprint density at radius 2 is 2.19 bits per heavy atom. The van der Waals surface area contributed by atoms with Gasteiger partial charge >= 0.3 is 5.97 Å². The van der Waals surface area contributed by atoms with Crippen LogP contribution in [0.2, 0.25) is 0 Å². The maximum atomic E-state index is 12.0. The zero-order chi connectivity index (χ0) is 15.5. The van der Waals surface area contributed by atoms with Crippen molar-refractivity contribution in [2.75, 3.05) is 18.6 Å². The highest BCUT2D eigenvalue weighted by molar-refractivity contribution is 7.13. The lowest BCUT2D eigenvalue weighted by Gasteiger charge is -2.20. The first kappa shape index (κ1) is 16.0. The third kappa shape index (κ3) is 3.63. The molecule has 0 aliphatic heterocycles. The third-order valence-corrected chi connectivity index (χ3v) is 5.03. The number of carbonyl (C=O) groups is 1. The van der Waals surface area contributed by atoms with Crippen molar-refractivity contribution in [3.63, 3.8) is 0 Å². The Bertz CT molecular complexity index is 591. The van der Waals surface area contributed by atoms with E-state index in [1.165, 1.54) is 4.88 Å². The molecule has 0 aliphatic rings. The number of esters is 1. The average Bonchev–Trinajstić information content (AvgIpc) is 3.09. The smallest absolute Gasteiger partial charge is 0.317 e. The summed E-state index contributed by atoms with van der Waals surface area (Å²) in [6.07, 6.45) is 0. The molecule has 0 atom stereocenters. The van der Waals surface area contributed by atoms with Gasteiger partial charge in [0, 0.05) is 17.3 Å². The molecule has 2 aromatic heterocycles. The maximum absolute atomic E-state index is 12.0. The molecule has 2 aromatic rings. The van der Waals surface area contributed by atoms with Crippen LogP contribution in [0.1, 0.15) is 31.3 Å². The van der Waals surface area contributed by atoms with Gasteiger partial charge in [-0.1, -0.05) is 6.07 Å². The standard InChI is InChI=1S/C15H20N2O2S2/c1-5-19-13(18)15(2,3)12-10-21-14(16-12)17(4)9-11-7-6-8-20-11/h6-8,10H,5,9H2,1-4H3. The van der Waals surface area contributed by atoms with Crippen molar-refractivity contribution in [2.45, 2.75) is 32.7 Å². The Morgan fingerprint density at radius 1 is 1.43 bits per heavy atom. The Balaban J connectivity index is 2.11. The number of hydrogen-bond donors (Lipinski definition) is 0. The number of hydrogen-bond acceptors (Lipinski definition) is 6. The molecule has 2 rings (SSSR count). The highest BCUT2D eigenvalue weighted by Gasteiger charge is 2.34. The summed E-state index contributed by atoms with van der Waals surface area (Å²) in [6.45, 7) is 6.73. The quantitative estimate of drug-likeness (QED) is 0.760. The topological polar surface area (TPSA) is 42.4 Å². The molecule has 0 unspecified atom stereocenters. The van der Waals surface area contributed by atoms with Gasteiger partial charge in [-0.15, -0.1) is 22.7 Å². The van der Waals surface area contributed by atoms with Gasteiger partial charge in [-0.05, 0) is 32.2 Å². The van der Waals surface area contributed by atoms with Crippen molar-refractivity contribution >= 4 is 33.8 Å². The number of nitrogens with zero attached hydrogens (tertiary/aromatic N) is 2. The summed E-state index contributed by atoms with van der Waals surface area (Å²) in [5.74, 6) is -0.234. The lowest BCUT2D eigenvalue weighted by molar-refractivity contribution is -0.148. The van der Waals surface area contributed by atoms with Crippen molar-refractivity contribution in [1.82, 2.24) is 4.98 Å². The minimum absolute atomic E-state index is 0.234. The Hall–Kier alpha value is -1.40. The normalized spacial score (nSPS) is 11.4. The van der Waals surface area contributed by atoms with Crippen LogP contribution in [0, 0.1) is 0 Å². The fourth-order valence-corrected chi connectivity index (χ4v) is 3.56. The van der Waals surface area contributed by atoms with E-state index in [4.69, 9.17) is 4.74 Å². The van der Waals surface area contributed by atoms with Crippen LogP contribution < -0.4 is 4.90 Å². The van der Waals surface area contributed by atoms with Gasteiger partial charge < -0.3 is 9.64 Å². The summed E-state index contributed by atoms with van der Waals surface area (Å²) >= 11 is 3.28. The van der Waals surface area contributed by atoms with E-state index >= 15 is 0 Å². The van der Waals surface area contributed by atoms with Gasteiger partial charge in [-0.25, -0.2) is 4.98 Å². The Kier molecular flexibility index (Phi) is 5.00. The predicted molar refractivity (Wildman–Crippen MR) is 88.2 cm³/mol. The first-order valence-corrected chi connectivity index (χ1v) is 8.57. The van der Waals surface area contributed by atoms with Gasteiger partial charge in [0.1, 0.15) is 5.41 Å². The van der Waals surface area contributed by atoms with Crippen LogP contribution in [-0.4, -0.2) is 24.6 Å². The van der Waals surface area contributed by atoms with Gasteiger partial charge in [-0.3, -0.25) is 4.79 Å². The molecule has 0 N–H and O–H groups in total. The highest BCUT2D eigenvalue weighted by Crippen LogP contribution is 2.30. The second kappa shape index (κ2) is 6.58. The second-order valence-corrected chi connectivity index (χ2v) is 7.17. The number of rotatable bonds is 6. The predicted octanol–water partition coefficient (Wildman–Crippen LogP) is 3.68. The van der Waals surface area contributed by atoms with Crippen LogP contribution in [-0.2, 0) is 21.5 Å². The summed E-state index contributed by atoms with van der Waals surface area (Å²) in [5.41, 5.74) is 0.0492. The van der Waals surface area contributed by atoms with Crippen LogP contribution >= 0.6 is 22.7 Å². The molecule has 21 heavy (non-hydrogen) atoms. The van der Waals surface area contributed by atoms with Gasteiger partial charge in [0.15, 0.2) is 5.13 Å². The summed E-state index contributed by atoms with van der Waals surface area (Å²) < 4.78 is 5.13. The first-order chi connectivity index (χ1) is 9.95. The van der Waals surface area contributed by atoms with E-state index in [1.807, 2.05) is 39.3 Å². The van der Waals surface area contributed by atoms with Crippen molar-refractivity contribution in [1.29, 1.82) is 0 Å². The van der Waals surface area contributed by atoms with Gasteiger partial charge in [0.25, 0.3) is 0 Å². The largest absolute Gasteiger partial charge is 0.465 e. The van der Waals surface area contributed by atoms with Gasteiger partial charge in [0.05, 0.1) is 18.8 Å². The van der Waals surface area contributed by atoms with E-state index < -0.39 is 5.41 Å². The molecule has 0 amide bonds. The number of thiophene rings is 1. The summed E-state index contributed by atoms with van der Waals surface area (Å²) in [5, 5.41) is 4.92. The summed E-state index contributed by atoms with van der Waals surface area (Å²) in [4.78, 5) is 20.0. The molecule has 0 aromatic carbocycles. The number of ether oxygens (including phenoxy) is 1. The molecule has 0 saturated carbocycles. The van der Waals surface area contributed by atoms with Crippen LogP contribution in [0.3, 0.4) is 0 Å². The summed E-state index contributed by atoms with van der Waals surface area (Å²) in [7, 11) is 2.01. The number of thiazole rings is 1. The molecule has 4 nitrogen and oxygen atoms in total. The molecule has 0 bridgehead atoms. The Labute approximate surface area is 133 Å². The molecular formula is C15H20N2O2S2. The number of anilines is 1. The molecule has 6 heteroatoms. The minimum Gasteiger partial charge on any atom is -0.465 e. The van der Waals surface area contributed by atoms with Crippen molar-refractivity contribution < 1.29 is 9.53 Å². The van der Waals surface area contributed by atoms with Gasteiger partial charge in [0.2, 0.25) is 0 Å². The second-order valence-electron chi connectivity index (χ2n) is 5.30. The lowest BCUT2D eigenvalue weighted by Crippen LogP contribution is -2.31. The lowest BCUT2D eigenvalue weighted by atomic mass is 9.90. The van der Waals surface area contributed by atoms with E-state index in [1.54, 1.807) is 22.7 Å². The SMILES string of the molecule is CCOC(=O)C(C)(C)c1csc(N(C)Cc2cccs2)n1. The van der Waals surface area contributed by atoms with Crippen LogP contribution in [0.5, 0.6) is 0 Å². The molecule has 0 saturated heterocycles. The molecular weight excluding hydrogens is 304 g/mol. The van der Waals surface area contributed by atoms with E-state index in [0.717, 1.165) is 17.4 Å². The summed E-state index contributed by atoms with van der Waals surface area (Å²) in [6, 6.07) is 4.16. The molecule has 114 valence electrons. The zero-order valence-corrected chi connectivity index (χ0v) is 14.4. The maximum Gasteiger partial charge on any atom is 0.317 e.